The number of hydrogen-bond acceptors (Lipinski definition) is 1. The molecule has 1 aliphatic carbocycles. The molecule has 1 aromatic rings. The fourth-order valence-corrected chi connectivity index (χ4v) is 3.23. The van der Waals surface area contributed by atoms with Crippen molar-refractivity contribution in [2.24, 2.45) is 10.9 Å². The van der Waals surface area contributed by atoms with Crippen LogP contribution in [0.15, 0.2) is 23.2 Å². The van der Waals surface area contributed by atoms with Gasteiger partial charge in [0.25, 0.3) is 0 Å². The molecule has 1 heterocycles. The molecule has 2 atom stereocenters. The van der Waals surface area contributed by atoms with Crippen LogP contribution in [0.1, 0.15) is 55.7 Å². The Labute approximate surface area is 97.6 Å². The highest BCUT2D eigenvalue weighted by Gasteiger charge is 2.25. The second-order valence-electron chi connectivity index (χ2n) is 5.33. The quantitative estimate of drug-likeness (QED) is 0.670. The first kappa shape index (κ1) is 10.1. The summed E-state index contributed by atoms with van der Waals surface area (Å²) in [5.41, 5.74) is 5.58. The zero-order valence-electron chi connectivity index (χ0n) is 10.2. The molecule has 1 heteroatoms. The molecule has 1 aromatic carbocycles. The van der Waals surface area contributed by atoms with Crippen LogP contribution in [0.2, 0.25) is 0 Å². The molecule has 1 nitrogen and oxygen atoms in total. The van der Waals surface area contributed by atoms with Gasteiger partial charge in [0.1, 0.15) is 0 Å². The van der Waals surface area contributed by atoms with E-state index in [4.69, 9.17) is 0 Å². The van der Waals surface area contributed by atoms with Gasteiger partial charge in [0.05, 0.1) is 6.54 Å². The minimum atomic E-state index is 0.790. The van der Waals surface area contributed by atoms with Crippen molar-refractivity contribution in [3.05, 3.63) is 34.9 Å². The molecule has 2 aliphatic rings. The molecule has 1 aliphatic heterocycles. The van der Waals surface area contributed by atoms with Gasteiger partial charge in [-0.25, -0.2) is 0 Å². The SMILES string of the molecule is CC1=NCc2ccc(C3CCCC3C)cc21. The van der Waals surface area contributed by atoms with E-state index in [0.29, 0.717) is 0 Å². The summed E-state index contributed by atoms with van der Waals surface area (Å²) >= 11 is 0. The number of aliphatic imine (C=N–C) groups is 1. The highest BCUT2D eigenvalue weighted by molar-refractivity contribution is 6.02. The molecule has 0 amide bonds. The van der Waals surface area contributed by atoms with Crippen molar-refractivity contribution in [3.8, 4) is 0 Å². The number of rotatable bonds is 1. The van der Waals surface area contributed by atoms with Gasteiger partial charge in [0, 0.05) is 11.3 Å². The summed E-state index contributed by atoms with van der Waals surface area (Å²) < 4.78 is 0. The van der Waals surface area contributed by atoms with Gasteiger partial charge < -0.3 is 0 Å². The zero-order chi connectivity index (χ0) is 11.1. The van der Waals surface area contributed by atoms with Gasteiger partial charge in [0.15, 0.2) is 0 Å². The summed E-state index contributed by atoms with van der Waals surface area (Å²) in [5, 5.41) is 0. The molecule has 1 saturated carbocycles. The smallest absolute Gasteiger partial charge is 0.0649 e. The Balaban J connectivity index is 1.97. The van der Waals surface area contributed by atoms with Gasteiger partial charge in [-0.2, -0.15) is 0 Å². The number of benzene rings is 1. The first-order valence-electron chi connectivity index (χ1n) is 6.40. The van der Waals surface area contributed by atoms with Gasteiger partial charge in [-0.3, -0.25) is 4.99 Å². The molecule has 0 spiro atoms. The molecule has 2 unspecified atom stereocenters. The lowest BCUT2D eigenvalue weighted by Crippen LogP contribution is -2.04. The van der Waals surface area contributed by atoms with Crippen molar-refractivity contribution in [2.45, 2.75) is 45.6 Å². The molecule has 0 saturated heterocycles. The Morgan fingerprint density at radius 1 is 1.25 bits per heavy atom. The molecule has 1 fully saturated rings. The Hall–Kier alpha value is -1.11. The molecule has 84 valence electrons. The van der Waals surface area contributed by atoms with Gasteiger partial charge in [0.2, 0.25) is 0 Å². The minimum Gasteiger partial charge on any atom is -0.285 e. The normalized spacial score (nSPS) is 28.0. The standard InChI is InChI=1S/C15H19N/c1-10-4-3-5-14(10)12-6-7-13-9-16-11(2)15(13)8-12/h6-8,10,14H,3-5,9H2,1-2H3. The van der Waals surface area contributed by atoms with E-state index in [1.807, 2.05) is 0 Å². The Bertz CT molecular complexity index is 445. The van der Waals surface area contributed by atoms with Crippen LogP contribution in [0.3, 0.4) is 0 Å². The largest absolute Gasteiger partial charge is 0.285 e. The molecule has 3 rings (SSSR count). The first-order chi connectivity index (χ1) is 7.75. The topological polar surface area (TPSA) is 12.4 Å². The van der Waals surface area contributed by atoms with E-state index in [9.17, 15) is 0 Å². The lowest BCUT2D eigenvalue weighted by molar-refractivity contribution is 0.533. The molecule has 0 radical (unpaired) electrons. The van der Waals surface area contributed by atoms with E-state index in [2.05, 4.69) is 37.0 Å². The maximum absolute atomic E-state index is 4.51. The average Bonchev–Trinajstić information content (AvgIpc) is 2.86. The highest BCUT2D eigenvalue weighted by Crippen LogP contribution is 2.40. The maximum atomic E-state index is 4.51. The summed E-state index contributed by atoms with van der Waals surface area (Å²) in [6.07, 6.45) is 4.17. The van der Waals surface area contributed by atoms with Crippen LogP contribution in [0.25, 0.3) is 0 Å². The van der Waals surface area contributed by atoms with Gasteiger partial charge in [-0.1, -0.05) is 31.9 Å². The molecule has 0 aromatic heterocycles. The van der Waals surface area contributed by atoms with Crippen molar-refractivity contribution in [1.82, 2.24) is 0 Å². The van der Waals surface area contributed by atoms with Crippen LogP contribution in [-0.2, 0) is 6.54 Å². The van der Waals surface area contributed by atoms with Gasteiger partial charge in [-0.05, 0) is 42.4 Å². The Morgan fingerprint density at radius 3 is 2.88 bits per heavy atom. The predicted octanol–water partition coefficient (Wildman–Crippen LogP) is 3.91. The van der Waals surface area contributed by atoms with Gasteiger partial charge in [-0.15, -0.1) is 0 Å². The summed E-state index contributed by atoms with van der Waals surface area (Å²) in [6.45, 7) is 5.42. The molecule has 0 N–H and O–H groups in total. The lowest BCUT2D eigenvalue weighted by Gasteiger charge is -2.16. The van der Waals surface area contributed by atoms with Crippen molar-refractivity contribution >= 4 is 5.71 Å². The van der Waals surface area contributed by atoms with E-state index < -0.39 is 0 Å². The van der Waals surface area contributed by atoms with Crippen molar-refractivity contribution < 1.29 is 0 Å². The second kappa shape index (κ2) is 3.73. The van der Waals surface area contributed by atoms with E-state index in [1.54, 1.807) is 5.56 Å². The van der Waals surface area contributed by atoms with Crippen molar-refractivity contribution in [1.29, 1.82) is 0 Å². The Morgan fingerprint density at radius 2 is 2.12 bits per heavy atom. The highest BCUT2D eigenvalue weighted by atomic mass is 14.8. The number of hydrogen-bond donors (Lipinski definition) is 0. The monoisotopic (exact) mass is 213 g/mol. The van der Waals surface area contributed by atoms with E-state index in [-0.39, 0.29) is 0 Å². The van der Waals surface area contributed by atoms with Crippen molar-refractivity contribution in [2.75, 3.05) is 0 Å². The minimum absolute atomic E-state index is 0.790. The fourth-order valence-electron chi connectivity index (χ4n) is 3.23. The van der Waals surface area contributed by atoms with Crippen LogP contribution in [0.4, 0.5) is 0 Å². The third kappa shape index (κ3) is 1.50. The first-order valence-corrected chi connectivity index (χ1v) is 6.40. The molecule has 0 bridgehead atoms. The summed E-state index contributed by atoms with van der Waals surface area (Å²) in [4.78, 5) is 4.51. The van der Waals surface area contributed by atoms with E-state index in [1.165, 1.54) is 36.1 Å². The molecular formula is C15H19N. The number of nitrogens with zero attached hydrogens (tertiary/aromatic N) is 1. The maximum Gasteiger partial charge on any atom is 0.0649 e. The number of fused-ring (bicyclic) bond motifs is 1. The molecular weight excluding hydrogens is 194 g/mol. The average molecular weight is 213 g/mol. The summed E-state index contributed by atoms with van der Waals surface area (Å²) in [5.74, 6) is 1.65. The Kier molecular flexibility index (Phi) is 2.34. The van der Waals surface area contributed by atoms with Crippen LogP contribution in [0.5, 0.6) is 0 Å². The fraction of sp³-hybridized carbons (Fsp3) is 0.533. The third-order valence-electron chi connectivity index (χ3n) is 4.30. The predicted molar refractivity (Wildman–Crippen MR) is 68.1 cm³/mol. The second-order valence-corrected chi connectivity index (χ2v) is 5.33. The van der Waals surface area contributed by atoms with Crippen LogP contribution >= 0.6 is 0 Å². The van der Waals surface area contributed by atoms with Crippen LogP contribution < -0.4 is 0 Å². The van der Waals surface area contributed by atoms with Gasteiger partial charge >= 0.3 is 0 Å². The summed E-state index contributed by atoms with van der Waals surface area (Å²) in [7, 11) is 0. The summed E-state index contributed by atoms with van der Waals surface area (Å²) in [6, 6.07) is 7.02. The lowest BCUT2D eigenvalue weighted by atomic mass is 9.88. The molecule has 16 heavy (non-hydrogen) atoms. The van der Waals surface area contributed by atoms with Crippen molar-refractivity contribution in [3.63, 3.8) is 0 Å². The van der Waals surface area contributed by atoms with Crippen LogP contribution in [0, 0.1) is 5.92 Å². The van der Waals surface area contributed by atoms with E-state index >= 15 is 0 Å². The van der Waals surface area contributed by atoms with Crippen LogP contribution in [-0.4, -0.2) is 5.71 Å². The van der Waals surface area contributed by atoms with E-state index in [0.717, 1.165) is 18.4 Å². The third-order valence-corrected chi connectivity index (χ3v) is 4.30. The zero-order valence-corrected chi connectivity index (χ0v) is 10.2.